The van der Waals surface area contributed by atoms with Gasteiger partial charge in [0.05, 0.1) is 11.9 Å². The number of benzene rings is 1. The first kappa shape index (κ1) is 18.2. The van der Waals surface area contributed by atoms with Gasteiger partial charge in [0.15, 0.2) is 6.61 Å². The molecular formula is C21H27N3O2. The van der Waals surface area contributed by atoms with Gasteiger partial charge in [0.1, 0.15) is 11.6 Å². The van der Waals surface area contributed by atoms with Crippen LogP contribution in [0.5, 0.6) is 5.75 Å². The molecule has 26 heavy (non-hydrogen) atoms. The summed E-state index contributed by atoms with van der Waals surface area (Å²) >= 11 is 0. The maximum atomic E-state index is 12.1. The van der Waals surface area contributed by atoms with Crippen molar-refractivity contribution in [2.75, 3.05) is 29.9 Å². The highest BCUT2D eigenvalue weighted by molar-refractivity contribution is 5.91. The first-order chi connectivity index (χ1) is 12.7. The third-order valence-electron chi connectivity index (χ3n) is 4.66. The summed E-state index contributed by atoms with van der Waals surface area (Å²) in [5, 5.41) is 2.79. The van der Waals surface area contributed by atoms with E-state index in [2.05, 4.69) is 22.1 Å². The van der Waals surface area contributed by atoms with E-state index in [9.17, 15) is 4.79 Å². The number of rotatable bonds is 6. The zero-order valence-electron chi connectivity index (χ0n) is 15.4. The summed E-state index contributed by atoms with van der Waals surface area (Å²) < 4.78 is 5.57. The normalized spacial score (nSPS) is 14.6. The molecule has 5 nitrogen and oxygen atoms in total. The van der Waals surface area contributed by atoms with Gasteiger partial charge in [-0.2, -0.15) is 0 Å². The number of carbonyl (C=O) groups is 1. The van der Waals surface area contributed by atoms with E-state index in [0.29, 0.717) is 11.6 Å². The number of aryl methyl sites for hydroxylation is 1. The number of hydrogen-bond donors (Lipinski definition) is 1. The van der Waals surface area contributed by atoms with Gasteiger partial charge in [-0.05, 0) is 49.1 Å². The molecule has 1 fully saturated rings. The Bertz CT molecular complexity index is 707. The molecule has 1 aliphatic heterocycles. The van der Waals surface area contributed by atoms with Crippen LogP contribution in [-0.2, 0) is 11.2 Å². The van der Waals surface area contributed by atoms with Crippen LogP contribution in [0.1, 0.15) is 38.2 Å². The number of aromatic nitrogens is 1. The lowest BCUT2D eigenvalue weighted by Gasteiger charge is -2.22. The lowest BCUT2D eigenvalue weighted by Crippen LogP contribution is -2.24. The molecule has 1 aromatic heterocycles. The molecule has 0 aliphatic carbocycles. The van der Waals surface area contributed by atoms with Crippen molar-refractivity contribution >= 4 is 17.4 Å². The van der Waals surface area contributed by atoms with Crippen molar-refractivity contribution in [3.05, 3.63) is 48.2 Å². The quantitative estimate of drug-likeness (QED) is 0.851. The van der Waals surface area contributed by atoms with E-state index in [1.807, 2.05) is 42.6 Å². The van der Waals surface area contributed by atoms with Gasteiger partial charge >= 0.3 is 0 Å². The number of amides is 1. The van der Waals surface area contributed by atoms with Crippen molar-refractivity contribution in [3.63, 3.8) is 0 Å². The van der Waals surface area contributed by atoms with Gasteiger partial charge in [0.2, 0.25) is 0 Å². The zero-order chi connectivity index (χ0) is 18.2. The molecule has 3 rings (SSSR count). The number of carbonyl (C=O) groups excluding carboxylic acids is 1. The Morgan fingerprint density at radius 3 is 2.65 bits per heavy atom. The van der Waals surface area contributed by atoms with E-state index in [4.69, 9.17) is 4.74 Å². The van der Waals surface area contributed by atoms with Crippen LogP contribution in [0.2, 0.25) is 0 Å². The Morgan fingerprint density at radius 1 is 1.15 bits per heavy atom. The van der Waals surface area contributed by atoms with Crippen LogP contribution in [0.25, 0.3) is 0 Å². The van der Waals surface area contributed by atoms with Crippen molar-refractivity contribution in [1.29, 1.82) is 0 Å². The molecule has 138 valence electrons. The molecule has 0 atom stereocenters. The summed E-state index contributed by atoms with van der Waals surface area (Å²) in [6.07, 6.45) is 7.85. The summed E-state index contributed by atoms with van der Waals surface area (Å²) in [6.45, 7) is 4.23. The van der Waals surface area contributed by atoms with E-state index in [0.717, 1.165) is 25.2 Å². The van der Waals surface area contributed by atoms with Gasteiger partial charge in [-0.25, -0.2) is 4.98 Å². The Morgan fingerprint density at radius 2 is 1.96 bits per heavy atom. The maximum absolute atomic E-state index is 12.1. The third-order valence-corrected chi connectivity index (χ3v) is 4.66. The van der Waals surface area contributed by atoms with Gasteiger partial charge < -0.3 is 15.0 Å². The monoisotopic (exact) mass is 353 g/mol. The predicted molar refractivity (Wildman–Crippen MR) is 105 cm³/mol. The number of anilines is 2. The van der Waals surface area contributed by atoms with E-state index in [1.165, 1.54) is 31.2 Å². The zero-order valence-corrected chi connectivity index (χ0v) is 15.4. The average Bonchev–Trinajstić information content (AvgIpc) is 2.97. The number of hydrogen-bond acceptors (Lipinski definition) is 4. The van der Waals surface area contributed by atoms with Crippen molar-refractivity contribution in [2.24, 2.45) is 0 Å². The minimum atomic E-state index is -0.207. The van der Waals surface area contributed by atoms with Gasteiger partial charge in [-0.15, -0.1) is 0 Å². The molecule has 1 amide bonds. The van der Waals surface area contributed by atoms with Crippen molar-refractivity contribution in [1.82, 2.24) is 4.98 Å². The number of nitrogens with one attached hydrogen (secondary N) is 1. The Kier molecular flexibility index (Phi) is 6.47. The number of ether oxygens (including phenoxy) is 1. The Labute approximate surface area is 155 Å². The lowest BCUT2D eigenvalue weighted by molar-refractivity contribution is -0.118. The molecule has 1 aromatic carbocycles. The van der Waals surface area contributed by atoms with Gasteiger partial charge in [0, 0.05) is 13.1 Å². The third kappa shape index (κ3) is 5.22. The molecule has 0 spiro atoms. The highest BCUT2D eigenvalue weighted by Crippen LogP contribution is 2.20. The van der Waals surface area contributed by atoms with Crippen LogP contribution in [0.4, 0.5) is 11.5 Å². The van der Waals surface area contributed by atoms with Gasteiger partial charge in [-0.3, -0.25) is 4.79 Å². The first-order valence-corrected chi connectivity index (χ1v) is 9.47. The van der Waals surface area contributed by atoms with Crippen LogP contribution in [0.15, 0.2) is 42.6 Å². The molecule has 2 heterocycles. The van der Waals surface area contributed by atoms with E-state index < -0.39 is 0 Å². The molecule has 1 aliphatic rings. The van der Waals surface area contributed by atoms with Crippen molar-refractivity contribution < 1.29 is 9.53 Å². The molecule has 0 radical (unpaired) electrons. The van der Waals surface area contributed by atoms with E-state index >= 15 is 0 Å². The van der Waals surface area contributed by atoms with Crippen molar-refractivity contribution in [3.8, 4) is 5.75 Å². The molecule has 0 saturated carbocycles. The minimum Gasteiger partial charge on any atom is -0.484 e. The summed E-state index contributed by atoms with van der Waals surface area (Å²) in [7, 11) is 0. The standard InChI is InChI=1S/C21H27N3O2/c1-2-17-8-7-9-19(14-17)26-16-21(25)23-20-11-10-18(15-22-20)24-12-5-3-4-6-13-24/h7-11,14-15H,2-6,12-13,16H2,1H3,(H,22,23,25). The maximum Gasteiger partial charge on any atom is 0.263 e. The highest BCUT2D eigenvalue weighted by atomic mass is 16.5. The summed E-state index contributed by atoms with van der Waals surface area (Å²) in [5.74, 6) is 1.06. The molecule has 1 saturated heterocycles. The van der Waals surface area contributed by atoms with Gasteiger partial charge in [0.25, 0.3) is 5.91 Å². The summed E-state index contributed by atoms with van der Waals surface area (Å²) in [6, 6.07) is 11.7. The predicted octanol–water partition coefficient (Wildman–Crippen LogP) is 4.04. The Balaban J connectivity index is 1.50. The Hall–Kier alpha value is -2.56. The fourth-order valence-electron chi connectivity index (χ4n) is 3.16. The number of nitrogens with zero attached hydrogens (tertiary/aromatic N) is 2. The fraction of sp³-hybridized carbons (Fsp3) is 0.429. The molecule has 2 aromatic rings. The highest BCUT2D eigenvalue weighted by Gasteiger charge is 2.11. The molecular weight excluding hydrogens is 326 g/mol. The summed E-state index contributed by atoms with van der Waals surface area (Å²) in [5.41, 5.74) is 2.31. The van der Waals surface area contributed by atoms with Crippen LogP contribution in [-0.4, -0.2) is 30.6 Å². The molecule has 0 unspecified atom stereocenters. The van der Waals surface area contributed by atoms with E-state index in [-0.39, 0.29) is 12.5 Å². The van der Waals surface area contributed by atoms with Gasteiger partial charge in [-0.1, -0.05) is 31.9 Å². The van der Waals surface area contributed by atoms with E-state index in [1.54, 1.807) is 0 Å². The van der Waals surface area contributed by atoms with Crippen LogP contribution in [0, 0.1) is 0 Å². The molecule has 0 bridgehead atoms. The topological polar surface area (TPSA) is 54.5 Å². The smallest absolute Gasteiger partial charge is 0.263 e. The molecule has 5 heteroatoms. The van der Waals surface area contributed by atoms with Crippen LogP contribution in [0.3, 0.4) is 0 Å². The summed E-state index contributed by atoms with van der Waals surface area (Å²) in [4.78, 5) is 18.8. The second-order valence-corrected chi connectivity index (χ2v) is 6.64. The van der Waals surface area contributed by atoms with Crippen LogP contribution < -0.4 is 15.0 Å². The fourth-order valence-corrected chi connectivity index (χ4v) is 3.16. The second-order valence-electron chi connectivity index (χ2n) is 6.64. The average molecular weight is 353 g/mol. The SMILES string of the molecule is CCc1cccc(OCC(=O)Nc2ccc(N3CCCCCC3)cn2)c1. The van der Waals surface area contributed by atoms with Crippen LogP contribution >= 0.6 is 0 Å². The lowest BCUT2D eigenvalue weighted by atomic mass is 10.2. The molecule has 1 N–H and O–H groups in total. The second kappa shape index (κ2) is 9.22. The minimum absolute atomic E-state index is 0.0251. The first-order valence-electron chi connectivity index (χ1n) is 9.47. The van der Waals surface area contributed by atoms with Crippen molar-refractivity contribution in [2.45, 2.75) is 39.0 Å². The largest absolute Gasteiger partial charge is 0.484 e. The number of pyridine rings is 1.